The third kappa shape index (κ3) is 4.37. The van der Waals surface area contributed by atoms with Crippen molar-refractivity contribution < 1.29 is 4.39 Å². The zero-order valence-corrected chi connectivity index (χ0v) is 16.0. The van der Waals surface area contributed by atoms with Crippen molar-refractivity contribution in [3.63, 3.8) is 0 Å². The molecule has 0 aliphatic rings. The number of nitriles is 1. The number of benzene rings is 3. The summed E-state index contributed by atoms with van der Waals surface area (Å²) in [5.74, 6) is -0.331. The summed E-state index contributed by atoms with van der Waals surface area (Å²) in [5.41, 5.74) is 7.57. The van der Waals surface area contributed by atoms with E-state index >= 15 is 0 Å². The lowest BCUT2D eigenvalue weighted by Gasteiger charge is -2.03. The number of thiazole rings is 1. The van der Waals surface area contributed by atoms with Crippen LogP contribution in [0.5, 0.6) is 0 Å². The second kappa shape index (κ2) is 8.46. The minimum atomic E-state index is -0.331. The lowest BCUT2D eigenvalue weighted by Crippen LogP contribution is -2.01. The molecule has 0 radical (unpaired) electrons. The first-order valence-electron chi connectivity index (χ1n) is 8.84. The number of hydrazone groups is 1. The predicted octanol–water partition coefficient (Wildman–Crippen LogP) is 5.96. The molecule has 3 aromatic carbocycles. The van der Waals surface area contributed by atoms with E-state index in [1.165, 1.54) is 23.5 Å². The minimum absolute atomic E-state index is 0.173. The van der Waals surface area contributed by atoms with Crippen LogP contribution in [0.15, 0.2) is 89.3 Å². The van der Waals surface area contributed by atoms with Crippen molar-refractivity contribution in [3.05, 3.63) is 95.1 Å². The molecule has 0 bridgehead atoms. The second-order valence-corrected chi connectivity index (χ2v) is 7.03. The molecular weight excluding hydrogens is 383 g/mol. The van der Waals surface area contributed by atoms with E-state index in [-0.39, 0.29) is 11.5 Å². The van der Waals surface area contributed by atoms with Gasteiger partial charge in [-0.05, 0) is 35.4 Å². The molecule has 0 saturated heterocycles. The Balaban J connectivity index is 1.53. The third-order valence-electron chi connectivity index (χ3n) is 4.24. The van der Waals surface area contributed by atoms with Crippen LogP contribution in [0, 0.1) is 17.1 Å². The van der Waals surface area contributed by atoms with Crippen LogP contribution in [0.3, 0.4) is 0 Å². The Labute approximate surface area is 171 Å². The summed E-state index contributed by atoms with van der Waals surface area (Å²) in [5, 5.41) is 16.0. The van der Waals surface area contributed by atoms with Gasteiger partial charge in [-0.25, -0.2) is 9.37 Å². The van der Waals surface area contributed by atoms with E-state index in [0.717, 1.165) is 22.4 Å². The van der Waals surface area contributed by atoms with Crippen LogP contribution in [0.1, 0.15) is 5.01 Å². The van der Waals surface area contributed by atoms with Gasteiger partial charge >= 0.3 is 0 Å². The van der Waals surface area contributed by atoms with E-state index in [1.54, 1.807) is 12.1 Å². The molecule has 0 fully saturated rings. The van der Waals surface area contributed by atoms with Crippen LogP contribution >= 0.6 is 11.3 Å². The van der Waals surface area contributed by atoms with Crippen molar-refractivity contribution in [1.82, 2.24) is 4.98 Å². The Morgan fingerprint density at radius 2 is 1.55 bits per heavy atom. The van der Waals surface area contributed by atoms with Gasteiger partial charge in [0.15, 0.2) is 10.7 Å². The average molecular weight is 398 g/mol. The fourth-order valence-electron chi connectivity index (χ4n) is 2.74. The first kappa shape index (κ1) is 18.5. The zero-order chi connectivity index (χ0) is 20.1. The van der Waals surface area contributed by atoms with Gasteiger partial charge in [-0.15, -0.1) is 11.3 Å². The highest BCUT2D eigenvalue weighted by atomic mass is 32.1. The lowest BCUT2D eigenvalue weighted by atomic mass is 10.0. The number of hydrogen-bond donors (Lipinski definition) is 1. The highest BCUT2D eigenvalue weighted by Crippen LogP contribution is 2.26. The normalized spacial score (nSPS) is 11.1. The Morgan fingerprint density at radius 1 is 0.897 bits per heavy atom. The molecule has 0 unspecified atom stereocenters. The minimum Gasteiger partial charge on any atom is -0.277 e. The maximum atomic E-state index is 13.0. The number of rotatable bonds is 5. The molecule has 6 heteroatoms. The van der Waals surface area contributed by atoms with Crippen molar-refractivity contribution in [2.24, 2.45) is 5.10 Å². The Kier molecular flexibility index (Phi) is 5.41. The van der Waals surface area contributed by atoms with E-state index in [2.05, 4.69) is 45.8 Å². The van der Waals surface area contributed by atoms with Crippen LogP contribution < -0.4 is 5.43 Å². The molecule has 1 heterocycles. The standard InChI is InChI=1S/C23H15FN4S/c24-19-10-12-20(13-11-19)27-28-21(14-25)23-26-22(15-29-23)18-8-6-17(7-9-18)16-4-2-1-3-5-16/h1-13,15,27H/b28-21-. The largest absolute Gasteiger partial charge is 0.277 e. The average Bonchev–Trinajstić information content (AvgIpc) is 3.26. The van der Waals surface area contributed by atoms with Gasteiger partial charge in [-0.3, -0.25) is 5.43 Å². The van der Waals surface area contributed by atoms with Crippen LogP contribution in [-0.4, -0.2) is 10.7 Å². The van der Waals surface area contributed by atoms with Gasteiger partial charge in [-0.1, -0.05) is 54.6 Å². The van der Waals surface area contributed by atoms with Crippen LogP contribution in [0.25, 0.3) is 22.4 Å². The number of nitrogens with one attached hydrogen (secondary N) is 1. The fourth-order valence-corrected chi connectivity index (χ4v) is 3.51. The van der Waals surface area contributed by atoms with Crippen molar-refractivity contribution in [1.29, 1.82) is 5.26 Å². The first-order chi connectivity index (χ1) is 14.2. The van der Waals surface area contributed by atoms with Gasteiger partial charge in [0.05, 0.1) is 11.4 Å². The van der Waals surface area contributed by atoms with E-state index < -0.39 is 0 Å². The number of hydrogen-bond acceptors (Lipinski definition) is 5. The highest BCUT2D eigenvalue weighted by molar-refractivity contribution is 7.12. The zero-order valence-electron chi connectivity index (χ0n) is 15.2. The molecule has 0 amide bonds. The number of anilines is 1. The number of halogens is 1. The summed E-state index contributed by atoms with van der Waals surface area (Å²) in [6.45, 7) is 0. The summed E-state index contributed by atoms with van der Waals surface area (Å²) >= 11 is 1.35. The monoisotopic (exact) mass is 398 g/mol. The van der Waals surface area contributed by atoms with E-state index in [4.69, 9.17) is 0 Å². The molecule has 29 heavy (non-hydrogen) atoms. The van der Waals surface area contributed by atoms with Crippen molar-refractivity contribution in [2.75, 3.05) is 5.43 Å². The summed E-state index contributed by atoms with van der Waals surface area (Å²) in [4.78, 5) is 4.55. The molecule has 0 atom stereocenters. The molecule has 1 N–H and O–H groups in total. The van der Waals surface area contributed by atoms with Gasteiger partial charge < -0.3 is 0 Å². The van der Waals surface area contributed by atoms with Gasteiger partial charge in [0.2, 0.25) is 0 Å². The quantitative estimate of drug-likeness (QED) is 0.333. The first-order valence-corrected chi connectivity index (χ1v) is 9.72. The highest BCUT2D eigenvalue weighted by Gasteiger charge is 2.11. The van der Waals surface area contributed by atoms with Gasteiger partial charge in [0, 0.05) is 10.9 Å². The molecule has 0 aliphatic carbocycles. The third-order valence-corrected chi connectivity index (χ3v) is 5.09. The summed E-state index contributed by atoms with van der Waals surface area (Å²) < 4.78 is 13.0. The van der Waals surface area contributed by atoms with E-state index in [0.29, 0.717) is 10.7 Å². The second-order valence-electron chi connectivity index (χ2n) is 6.17. The Bertz CT molecular complexity index is 1170. The van der Waals surface area contributed by atoms with E-state index in [9.17, 15) is 9.65 Å². The van der Waals surface area contributed by atoms with E-state index in [1.807, 2.05) is 35.7 Å². The number of aromatic nitrogens is 1. The van der Waals surface area contributed by atoms with Crippen LogP contribution in [0.2, 0.25) is 0 Å². The Hall–Kier alpha value is -3.82. The van der Waals surface area contributed by atoms with Gasteiger partial charge in [0.1, 0.15) is 11.9 Å². The molecule has 4 aromatic rings. The topological polar surface area (TPSA) is 61.1 Å². The van der Waals surface area contributed by atoms with Crippen molar-refractivity contribution >= 4 is 22.7 Å². The maximum Gasteiger partial charge on any atom is 0.196 e. The van der Waals surface area contributed by atoms with Crippen LogP contribution in [-0.2, 0) is 0 Å². The molecule has 0 saturated carbocycles. The summed E-state index contributed by atoms with van der Waals surface area (Å²) in [6, 6.07) is 26.1. The SMILES string of the molecule is N#C/C(=N/Nc1ccc(F)cc1)c1nc(-c2ccc(-c3ccccc3)cc2)cs1. The van der Waals surface area contributed by atoms with Crippen molar-refractivity contribution in [2.45, 2.75) is 0 Å². The van der Waals surface area contributed by atoms with Crippen molar-refractivity contribution in [3.8, 4) is 28.5 Å². The molecule has 4 rings (SSSR count). The van der Waals surface area contributed by atoms with Gasteiger partial charge in [0.25, 0.3) is 0 Å². The molecule has 140 valence electrons. The molecular formula is C23H15FN4S. The maximum absolute atomic E-state index is 13.0. The summed E-state index contributed by atoms with van der Waals surface area (Å²) in [7, 11) is 0. The van der Waals surface area contributed by atoms with Crippen LogP contribution in [0.4, 0.5) is 10.1 Å². The lowest BCUT2D eigenvalue weighted by molar-refractivity contribution is 0.628. The predicted molar refractivity (Wildman–Crippen MR) is 115 cm³/mol. The smallest absolute Gasteiger partial charge is 0.196 e. The molecule has 0 spiro atoms. The van der Waals surface area contributed by atoms with Gasteiger partial charge in [-0.2, -0.15) is 10.4 Å². The fraction of sp³-hybridized carbons (Fsp3) is 0. The summed E-state index contributed by atoms with van der Waals surface area (Å²) in [6.07, 6.45) is 0. The molecule has 0 aliphatic heterocycles. The molecule has 4 nitrogen and oxygen atoms in total. The molecule has 1 aromatic heterocycles. The Morgan fingerprint density at radius 3 is 2.24 bits per heavy atom. The number of nitrogens with zero attached hydrogens (tertiary/aromatic N) is 3.